The van der Waals surface area contributed by atoms with Crippen LogP contribution in [-0.2, 0) is 0 Å². The van der Waals surface area contributed by atoms with Gasteiger partial charge in [-0.1, -0.05) is 36.4 Å². The molecule has 0 saturated carbocycles. The number of benzene rings is 6. The van der Waals surface area contributed by atoms with E-state index in [1.807, 2.05) is 91.1 Å². The first-order chi connectivity index (χ1) is 21.2. The molecular formula is C38H25N4Se. The first kappa shape index (κ1) is 26.7. The zero-order valence-corrected chi connectivity index (χ0v) is 24.8. The van der Waals surface area contributed by atoms with Gasteiger partial charge in [0.15, 0.2) is 0 Å². The van der Waals surface area contributed by atoms with E-state index in [0.717, 1.165) is 54.3 Å². The van der Waals surface area contributed by atoms with E-state index in [1.165, 1.54) is 0 Å². The average Bonchev–Trinajstić information content (AvgIpc) is 3.08. The van der Waals surface area contributed by atoms with Crippen molar-refractivity contribution in [2.24, 2.45) is 4.99 Å². The molecule has 1 aromatic heterocycles. The van der Waals surface area contributed by atoms with Gasteiger partial charge in [0.1, 0.15) is 0 Å². The van der Waals surface area contributed by atoms with E-state index in [-0.39, 0.29) is 0 Å². The Hall–Kier alpha value is -5.22. The van der Waals surface area contributed by atoms with Gasteiger partial charge in [0, 0.05) is 0 Å². The standard InChI is InChI=1S/C38H25N4Se/c43-34-23-22-27-20-21-30(24-33(27)35(34)39-25-26-12-4-1-5-13-26)31-18-10-11-19-32(31)38-41-36(28-14-6-2-7-15-28)40-37(42-38)29-16-8-3-9-17-29/h1-25H. The van der Waals surface area contributed by atoms with Gasteiger partial charge in [0.25, 0.3) is 0 Å². The van der Waals surface area contributed by atoms with Crippen molar-refractivity contribution >= 4 is 43.1 Å². The van der Waals surface area contributed by atoms with Crippen molar-refractivity contribution < 1.29 is 0 Å². The molecule has 6 aromatic carbocycles. The third-order valence-corrected chi connectivity index (χ3v) is 7.97. The van der Waals surface area contributed by atoms with Crippen LogP contribution in [0.4, 0.5) is 5.69 Å². The van der Waals surface area contributed by atoms with Gasteiger partial charge >= 0.3 is 223 Å². The fourth-order valence-corrected chi connectivity index (χ4v) is 5.61. The summed E-state index contributed by atoms with van der Waals surface area (Å²) >= 11 is 3.20. The van der Waals surface area contributed by atoms with Crippen LogP contribution in [0, 0.1) is 0 Å². The van der Waals surface area contributed by atoms with Crippen molar-refractivity contribution in [2.75, 3.05) is 0 Å². The number of aromatic nitrogens is 3. The SMILES string of the molecule is [Se]c1ccc2ccc(-c3ccccc3-c3nc(-c4ccccc4)nc(-c4ccccc4)n3)cc2c1N=Cc1ccccc1. The summed E-state index contributed by atoms with van der Waals surface area (Å²) in [7, 11) is 0. The first-order valence-electron chi connectivity index (χ1n) is 14.0. The van der Waals surface area contributed by atoms with Gasteiger partial charge in [-0.3, -0.25) is 0 Å². The Balaban J connectivity index is 1.38. The van der Waals surface area contributed by atoms with Crippen molar-refractivity contribution in [3.05, 3.63) is 151 Å². The summed E-state index contributed by atoms with van der Waals surface area (Å²) in [6.45, 7) is 0. The summed E-state index contributed by atoms with van der Waals surface area (Å²) in [5.74, 6) is 1.91. The molecule has 0 bridgehead atoms. The van der Waals surface area contributed by atoms with Crippen LogP contribution < -0.4 is 4.46 Å². The van der Waals surface area contributed by atoms with E-state index in [2.05, 4.69) is 76.7 Å². The van der Waals surface area contributed by atoms with Crippen LogP contribution in [0.2, 0.25) is 0 Å². The molecule has 0 amide bonds. The van der Waals surface area contributed by atoms with E-state index < -0.39 is 0 Å². The monoisotopic (exact) mass is 617 g/mol. The summed E-state index contributed by atoms with van der Waals surface area (Å²) < 4.78 is 1.00. The van der Waals surface area contributed by atoms with Crippen molar-refractivity contribution in [1.82, 2.24) is 15.0 Å². The third kappa shape index (κ3) is 5.64. The minimum absolute atomic E-state index is 0.628. The minimum atomic E-state index is 0.628. The molecule has 0 saturated heterocycles. The molecule has 5 heteroatoms. The van der Waals surface area contributed by atoms with Gasteiger partial charge in [-0.05, 0) is 0 Å². The Labute approximate surface area is 258 Å². The Kier molecular flexibility index (Phi) is 7.41. The molecule has 1 radical (unpaired) electrons. The summed E-state index contributed by atoms with van der Waals surface area (Å²) in [6.07, 6.45) is 1.91. The van der Waals surface area contributed by atoms with Gasteiger partial charge in [0.05, 0.1) is 0 Å². The second kappa shape index (κ2) is 11.9. The summed E-state index contributed by atoms with van der Waals surface area (Å²) in [6, 6.07) is 49.3. The van der Waals surface area contributed by atoms with E-state index in [0.29, 0.717) is 17.5 Å². The van der Waals surface area contributed by atoms with Crippen LogP contribution >= 0.6 is 0 Å². The Bertz CT molecular complexity index is 2020. The fourth-order valence-electron chi connectivity index (χ4n) is 5.12. The molecular weight excluding hydrogens is 591 g/mol. The molecule has 0 atom stereocenters. The van der Waals surface area contributed by atoms with Gasteiger partial charge < -0.3 is 0 Å². The van der Waals surface area contributed by atoms with Crippen LogP contribution in [0.1, 0.15) is 5.56 Å². The number of aliphatic imine (C=N–C) groups is 1. The van der Waals surface area contributed by atoms with E-state index >= 15 is 0 Å². The second-order valence-corrected chi connectivity index (χ2v) is 11.0. The molecule has 1 heterocycles. The maximum absolute atomic E-state index is 4.99. The molecule has 0 fully saturated rings. The van der Waals surface area contributed by atoms with E-state index in [1.54, 1.807) is 0 Å². The van der Waals surface area contributed by atoms with Crippen LogP contribution in [0.5, 0.6) is 0 Å². The molecule has 0 unspecified atom stereocenters. The maximum atomic E-state index is 4.99. The predicted octanol–water partition coefficient (Wildman–Crippen LogP) is 8.24. The summed E-state index contributed by atoms with van der Waals surface area (Å²) in [5, 5.41) is 2.19. The van der Waals surface area contributed by atoms with Gasteiger partial charge in [-0.2, -0.15) is 0 Å². The van der Waals surface area contributed by atoms with Crippen molar-refractivity contribution in [1.29, 1.82) is 0 Å². The topological polar surface area (TPSA) is 51.0 Å². The third-order valence-electron chi connectivity index (χ3n) is 7.28. The fraction of sp³-hybridized carbons (Fsp3) is 0. The van der Waals surface area contributed by atoms with Crippen LogP contribution in [-0.4, -0.2) is 37.2 Å². The number of rotatable bonds is 6. The molecule has 0 aliphatic rings. The van der Waals surface area contributed by atoms with Gasteiger partial charge in [-0.15, -0.1) is 0 Å². The van der Waals surface area contributed by atoms with Gasteiger partial charge in [-0.25, -0.2) is 0 Å². The molecule has 203 valence electrons. The predicted molar refractivity (Wildman–Crippen MR) is 178 cm³/mol. The number of hydrogen-bond donors (Lipinski definition) is 0. The number of nitrogens with zero attached hydrogens (tertiary/aromatic N) is 4. The number of fused-ring (bicyclic) bond motifs is 1. The average molecular weight is 617 g/mol. The first-order valence-corrected chi connectivity index (χ1v) is 14.9. The molecule has 0 N–H and O–H groups in total. The van der Waals surface area contributed by atoms with Crippen molar-refractivity contribution in [3.63, 3.8) is 0 Å². The molecule has 7 rings (SSSR count). The summed E-state index contributed by atoms with van der Waals surface area (Å²) in [5.41, 5.74) is 6.90. The zero-order valence-electron chi connectivity index (χ0n) is 23.1. The van der Waals surface area contributed by atoms with Crippen LogP contribution in [0.3, 0.4) is 0 Å². The Morgan fingerprint density at radius 1 is 0.488 bits per heavy atom. The molecule has 7 aromatic rings. The van der Waals surface area contributed by atoms with Crippen molar-refractivity contribution in [3.8, 4) is 45.3 Å². The summed E-state index contributed by atoms with van der Waals surface area (Å²) in [4.78, 5) is 19.8. The molecule has 43 heavy (non-hydrogen) atoms. The molecule has 0 aliphatic carbocycles. The van der Waals surface area contributed by atoms with Gasteiger partial charge in [0.2, 0.25) is 0 Å². The second-order valence-electron chi connectivity index (χ2n) is 10.1. The normalized spacial score (nSPS) is 11.3. The van der Waals surface area contributed by atoms with Crippen LogP contribution in [0.25, 0.3) is 56.1 Å². The quantitative estimate of drug-likeness (QED) is 0.140. The zero-order chi connectivity index (χ0) is 29.0. The number of hydrogen-bond acceptors (Lipinski definition) is 4. The van der Waals surface area contributed by atoms with E-state index in [9.17, 15) is 0 Å². The molecule has 0 spiro atoms. The molecule has 4 nitrogen and oxygen atoms in total. The molecule has 0 aliphatic heterocycles. The Morgan fingerprint density at radius 3 is 1.67 bits per heavy atom. The van der Waals surface area contributed by atoms with Crippen LogP contribution in [0.15, 0.2) is 151 Å². The van der Waals surface area contributed by atoms with E-state index in [4.69, 9.17) is 19.9 Å². The van der Waals surface area contributed by atoms with Crippen molar-refractivity contribution in [2.45, 2.75) is 0 Å². The Morgan fingerprint density at radius 2 is 1.02 bits per heavy atom.